The fraction of sp³-hybridized carbons (Fsp3) is 0.417. The van der Waals surface area contributed by atoms with E-state index in [1.165, 1.54) is 23.0 Å². The number of nitrogens with two attached hydrogens (primary N) is 1. The topological polar surface area (TPSA) is 93.3 Å². The molecule has 1 fully saturated rings. The summed E-state index contributed by atoms with van der Waals surface area (Å²) in [5.74, 6) is 1.20. The highest BCUT2D eigenvalue weighted by molar-refractivity contribution is 6.36. The molecule has 0 bridgehead atoms. The Morgan fingerprint density at radius 1 is 1.23 bits per heavy atom. The Labute approximate surface area is 186 Å². The van der Waals surface area contributed by atoms with Gasteiger partial charge in [-0.3, -0.25) is 0 Å². The number of nitrogen functional groups attached to an aromatic ring is 1. The molecule has 4 atom stereocenters. The number of aliphatic hydroxyl groups excluding tert-OH is 1. The molecule has 31 heavy (non-hydrogen) atoms. The molecular formula is C24H27ClN4O2. The van der Waals surface area contributed by atoms with Gasteiger partial charge in [-0.2, -0.15) is 0 Å². The molecule has 2 aromatic carbocycles. The van der Waals surface area contributed by atoms with E-state index in [0.29, 0.717) is 28.2 Å². The predicted molar refractivity (Wildman–Crippen MR) is 122 cm³/mol. The lowest BCUT2D eigenvalue weighted by atomic mass is 9.93. The summed E-state index contributed by atoms with van der Waals surface area (Å²) in [6.07, 6.45) is 2.54. The molecule has 4 N–H and O–H groups in total. The number of anilines is 1. The zero-order chi connectivity index (χ0) is 21.7. The summed E-state index contributed by atoms with van der Waals surface area (Å²) in [6, 6.07) is 8.21. The number of hydrogen-bond acceptors (Lipinski definition) is 6. The molecule has 0 radical (unpaired) electrons. The molecule has 7 heteroatoms. The number of aromatic nitrogens is 2. The normalized spacial score (nSPS) is 25.5. The fourth-order valence-electron chi connectivity index (χ4n) is 5.06. The third kappa shape index (κ3) is 3.63. The molecule has 1 aliphatic heterocycles. The maximum absolute atomic E-state index is 11.1. The summed E-state index contributed by atoms with van der Waals surface area (Å²) in [5.41, 5.74) is 11.4. The summed E-state index contributed by atoms with van der Waals surface area (Å²) >= 11 is 6.51. The van der Waals surface area contributed by atoms with E-state index in [2.05, 4.69) is 41.3 Å². The minimum Gasteiger partial charge on any atom is -0.490 e. The number of fused-ring (bicyclic) bond motifs is 2. The van der Waals surface area contributed by atoms with Crippen LogP contribution in [0.25, 0.3) is 10.9 Å². The van der Waals surface area contributed by atoms with Crippen LogP contribution in [-0.2, 0) is 13.0 Å². The van der Waals surface area contributed by atoms with Gasteiger partial charge in [0.2, 0.25) is 0 Å². The second kappa shape index (κ2) is 7.93. The number of benzene rings is 2. The molecule has 0 amide bonds. The highest BCUT2D eigenvalue weighted by Crippen LogP contribution is 2.43. The van der Waals surface area contributed by atoms with E-state index < -0.39 is 6.10 Å². The van der Waals surface area contributed by atoms with E-state index in [1.54, 1.807) is 0 Å². The van der Waals surface area contributed by atoms with Gasteiger partial charge >= 0.3 is 0 Å². The predicted octanol–water partition coefficient (Wildman–Crippen LogP) is 3.75. The molecule has 1 aliphatic carbocycles. The molecule has 2 aliphatic rings. The standard InChI is InChI=1S/C24H27ClN4O2/c1-12-5-14-3-4-27-10-17(14)21(6-12)31-20-9-16(23(30)13(20)2)15-7-18(25)22-19(8-15)28-11-29-24(22)26/h5-8,11,13,16,20,23,27,30H,3-4,9-10H2,1-2H3,(H2,26,28,29)/t13-,16+,20+,23-/m1/s1. The average molecular weight is 439 g/mol. The first kappa shape index (κ1) is 20.5. The van der Waals surface area contributed by atoms with Crippen molar-refractivity contribution >= 4 is 28.3 Å². The number of nitrogens with zero attached hydrogens (tertiary/aromatic N) is 2. The SMILES string of the molecule is Cc1cc2c(c(O[C@H]3C[C@@H](c4cc(Cl)c5c(N)ncnc5c4)[C@H](O)[C@@H]3C)c1)CNCC2. The Morgan fingerprint density at radius 3 is 2.90 bits per heavy atom. The molecule has 0 spiro atoms. The molecule has 5 rings (SSSR count). The van der Waals surface area contributed by atoms with E-state index in [9.17, 15) is 5.11 Å². The maximum Gasteiger partial charge on any atom is 0.136 e. The summed E-state index contributed by atoms with van der Waals surface area (Å²) < 4.78 is 6.55. The van der Waals surface area contributed by atoms with Gasteiger partial charge in [0.15, 0.2) is 0 Å². The van der Waals surface area contributed by atoms with Gasteiger partial charge < -0.3 is 20.9 Å². The number of halogens is 1. The first-order valence-corrected chi connectivity index (χ1v) is 11.2. The van der Waals surface area contributed by atoms with Crippen molar-refractivity contribution in [3.63, 3.8) is 0 Å². The summed E-state index contributed by atoms with van der Waals surface area (Å²) in [5, 5.41) is 15.7. The van der Waals surface area contributed by atoms with Gasteiger partial charge in [0.1, 0.15) is 24.0 Å². The minimum absolute atomic E-state index is 0.0114. The summed E-state index contributed by atoms with van der Waals surface area (Å²) in [4.78, 5) is 8.36. The zero-order valence-corrected chi connectivity index (χ0v) is 18.5. The third-order valence-electron chi connectivity index (χ3n) is 6.79. The quantitative estimate of drug-likeness (QED) is 0.576. The summed E-state index contributed by atoms with van der Waals surface area (Å²) in [7, 11) is 0. The van der Waals surface area contributed by atoms with E-state index in [4.69, 9.17) is 22.1 Å². The van der Waals surface area contributed by atoms with Crippen LogP contribution in [0, 0.1) is 12.8 Å². The maximum atomic E-state index is 11.1. The van der Waals surface area contributed by atoms with Crippen molar-refractivity contribution in [2.45, 2.75) is 51.4 Å². The van der Waals surface area contributed by atoms with Crippen LogP contribution in [0.2, 0.25) is 5.02 Å². The zero-order valence-electron chi connectivity index (χ0n) is 17.7. The van der Waals surface area contributed by atoms with Crippen molar-refractivity contribution in [1.82, 2.24) is 15.3 Å². The molecule has 0 saturated heterocycles. The molecule has 6 nitrogen and oxygen atoms in total. The highest BCUT2D eigenvalue weighted by atomic mass is 35.5. The van der Waals surface area contributed by atoms with Crippen molar-refractivity contribution in [3.05, 3.63) is 57.9 Å². The monoisotopic (exact) mass is 438 g/mol. The first-order valence-electron chi connectivity index (χ1n) is 10.8. The van der Waals surface area contributed by atoms with E-state index in [1.807, 2.05) is 12.1 Å². The number of hydrogen-bond donors (Lipinski definition) is 3. The largest absolute Gasteiger partial charge is 0.490 e. The van der Waals surface area contributed by atoms with Crippen LogP contribution in [-0.4, -0.2) is 33.8 Å². The summed E-state index contributed by atoms with van der Waals surface area (Å²) in [6.45, 7) is 5.97. The lowest BCUT2D eigenvalue weighted by Gasteiger charge is -2.25. The van der Waals surface area contributed by atoms with Crippen LogP contribution in [0.1, 0.15) is 41.5 Å². The molecule has 2 heterocycles. The third-order valence-corrected chi connectivity index (χ3v) is 7.09. The number of nitrogens with one attached hydrogen (secondary N) is 1. The van der Waals surface area contributed by atoms with Crippen molar-refractivity contribution < 1.29 is 9.84 Å². The van der Waals surface area contributed by atoms with Gasteiger partial charge in [-0.15, -0.1) is 0 Å². The van der Waals surface area contributed by atoms with Crippen molar-refractivity contribution in [2.24, 2.45) is 5.92 Å². The van der Waals surface area contributed by atoms with Crippen LogP contribution >= 0.6 is 11.6 Å². The number of aliphatic hydroxyl groups is 1. The van der Waals surface area contributed by atoms with Crippen molar-refractivity contribution in [1.29, 1.82) is 0 Å². The van der Waals surface area contributed by atoms with Crippen molar-refractivity contribution in [2.75, 3.05) is 12.3 Å². The van der Waals surface area contributed by atoms with E-state index >= 15 is 0 Å². The fourth-order valence-corrected chi connectivity index (χ4v) is 5.38. The highest BCUT2D eigenvalue weighted by Gasteiger charge is 2.42. The molecule has 162 valence electrons. The lowest BCUT2D eigenvalue weighted by molar-refractivity contribution is 0.0831. The van der Waals surface area contributed by atoms with Crippen LogP contribution in [0.5, 0.6) is 5.75 Å². The van der Waals surface area contributed by atoms with Gasteiger partial charge in [-0.1, -0.05) is 24.6 Å². The van der Waals surface area contributed by atoms with Crippen LogP contribution in [0.15, 0.2) is 30.6 Å². The molecule has 0 unspecified atom stereocenters. The number of rotatable bonds is 3. The van der Waals surface area contributed by atoms with Crippen LogP contribution < -0.4 is 15.8 Å². The second-order valence-corrected chi connectivity index (χ2v) is 9.24. The van der Waals surface area contributed by atoms with Gasteiger partial charge in [-0.05, 0) is 61.2 Å². The molecular weight excluding hydrogens is 412 g/mol. The average Bonchev–Trinajstić information content (AvgIpc) is 3.02. The second-order valence-electron chi connectivity index (χ2n) is 8.83. The van der Waals surface area contributed by atoms with Crippen molar-refractivity contribution in [3.8, 4) is 5.75 Å². The minimum atomic E-state index is -0.531. The van der Waals surface area contributed by atoms with Gasteiger partial charge in [0, 0.05) is 23.9 Å². The van der Waals surface area contributed by atoms with Gasteiger partial charge in [0.05, 0.1) is 22.0 Å². The number of ether oxygens (including phenoxy) is 1. The van der Waals surface area contributed by atoms with Gasteiger partial charge in [-0.25, -0.2) is 9.97 Å². The number of aryl methyl sites for hydroxylation is 1. The Morgan fingerprint density at radius 2 is 2.06 bits per heavy atom. The molecule has 1 aromatic heterocycles. The smallest absolute Gasteiger partial charge is 0.136 e. The van der Waals surface area contributed by atoms with Crippen LogP contribution in [0.3, 0.4) is 0 Å². The van der Waals surface area contributed by atoms with Gasteiger partial charge in [0.25, 0.3) is 0 Å². The molecule has 3 aromatic rings. The first-order chi connectivity index (χ1) is 14.9. The Balaban J connectivity index is 1.45. The van der Waals surface area contributed by atoms with E-state index in [0.717, 1.165) is 30.8 Å². The Kier molecular flexibility index (Phi) is 5.24. The van der Waals surface area contributed by atoms with E-state index in [-0.39, 0.29) is 17.9 Å². The van der Waals surface area contributed by atoms with Crippen LogP contribution in [0.4, 0.5) is 5.82 Å². The molecule has 1 saturated carbocycles. The Bertz CT molecular complexity index is 1150. The Hall–Kier alpha value is -2.41. The lowest BCUT2D eigenvalue weighted by Crippen LogP contribution is -2.28.